The second-order valence-electron chi connectivity index (χ2n) is 6.39. The summed E-state index contributed by atoms with van der Waals surface area (Å²) in [5, 5.41) is 2.43. The Kier molecular flexibility index (Phi) is 7.93. The zero-order valence-corrected chi connectivity index (χ0v) is 18.2. The minimum atomic E-state index is -0.502. The van der Waals surface area contributed by atoms with Crippen molar-refractivity contribution in [1.82, 2.24) is 4.98 Å². The molecule has 0 saturated heterocycles. The highest BCUT2D eigenvalue weighted by Crippen LogP contribution is 2.29. The quantitative estimate of drug-likeness (QED) is 0.270. The van der Waals surface area contributed by atoms with Crippen molar-refractivity contribution in [3.63, 3.8) is 0 Å². The summed E-state index contributed by atoms with van der Waals surface area (Å²) < 4.78 is 33.7. The Morgan fingerprint density at radius 3 is 2.59 bits per heavy atom. The first-order valence-corrected chi connectivity index (χ1v) is 10.3. The molecular formula is C23H20FNO6S. The normalized spacial score (nSPS) is 10.7. The van der Waals surface area contributed by atoms with Crippen LogP contribution in [0.5, 0.6) is 17.2 Å². The lowest BCUT2D eigenvalue weighted by molar-refractivity contribution is -0.135. The maximum Gasteiger partial charge on any atom is 0.330 e. The summed E-state index contributed by atoms with van der Waals surface area (Å²) in [6.07, 6.45) is 2.81. The van der Waals surface area contributed by atoms with Gasteiger partial charge in [-0.25, -0.2) is 14.2 Å². The molecule has 0 amide bonds. The fourth-order valence-electron chi connectivity index (χ4n) is 2.58. The van der Waals surface area contributed by atoms with Crippen LogP contribution in [0.25, 0.3) is 6.08 Å². The lowest BCUT2D eigenvalue weighted by Gasteiger charge is -2.09. The first-order valence-electron chi connectivity index (χ1n) is 9.43. The van der Waals surface area contributed by atoms with Crippen molar-refractivity contribution in [3.8, 4) is 17.2 Å². The number of benzene rings is 2. The van der Waals surface area contributed by atoms with Crippen molar-refractivity contribution in [3.05, 3.63) is 76.0 Å². The second kappa shape index (κ2) is 11.1. The summed E-state index contributed by atoms with van der Waals surface area (Å²) >= 11 is 1.35. The number of carbonyl (C=O) groups is 2. The fourth-order valence-corrected chi connectivity index (χ4v) is 3.29. The second-order valence-corrected chi connectivity index (χ2v) is 7.34. The van der Waals surface area contributed by atoms with E-state index in [0.29, 0.717) is 27.8 Å². The van der Waals surface area contributed by atoms with Crippen molar-refractivity contribution >= 4 is 29.4 Å². The lowest BCUT2D eigenvalue weighted by atomic mass is 10.2. The van der Waals surface area contributed by atoms with Gasteiger partial charge >= 0.3 is 11.9 Å². The van der Waals surface area contributed by atoms with E-state index in [1.807, 2.05) is 0 Å². The predicted octanol–water partition coefficient (Wildman–Crippen LogP) is 4.20. The molecule has 0 spiro atoms. The number of aromatic nitrogens is 1. The summed E-state index contributed by atoms with van der Waals surface area (Å²) in [5.41, 5.74) is 1.23. The number of rotatable bonds is 9. The molecule has 0 aliphatic carbocycles. The average Bonchev–Trinajstić information content (AvgIpc) is 3.24. The standard InChI is InChI=1S/C23H20FNO6S/c1-28-20-11-15(4-10-22(26)29-2)3-9-19(20)31-23(27)12-17-14-32-21(25-17)13-30-18-7-5-16(24)6-8-18/h3-11,14H,12-13H2,1-2H3/b10-4+. The number of thiazole rings is 1. The molecule has 0 aliphatic rings. The minimum absolute atomic E-state index is 0.0276. The Morgan fingerprint density at radius 1 is 1.09 bits per heavy atom. The average molecular weight is 457 g/mol. The van der Waals surface area contributed by atoms with Gasteiger partial charge in [0.15, 0.2) is 11.5 Å². The highest BCUT2D eigenvalue weighted by molar-refractivity contribution is 7.09. The van der Waals surface area contributed by atoms with E-state index in [9.17, 15) is 14.0 Å². The Morgan fingerprint density at radius 2 is 1.88 bits per heavy atom. The van der Waals surface area contributed by atoms with E-state index in [4.69, 9.17) is 14.2 Å². The third-order valence-corrected chi connectivity index (χ3v) is 5.00. The van der Waals surface area contributed by atoms with E-state index >= 15 is 0 Å². The monoisotopic (exact) mass is 457 g/mol. The minimum Gasteiger partial charge on any atom is -0.493 e. The molecule has 3 rings (SSSR count). The van der Waals surface area contributed by atoms with E-state index in [2.05, 4.69) is 9.72 Å². The van der Waals surface area contributed by atoms with Crippen LogP contribution >= 0.6 is 11.3 Å². The number of hydrogen-bond acceptors (Lipinski definition) is 8. The topological polar surface area (TPSA) is 84.0 Å². The van der Waals surface area contributed by atoms with E-state index in [0.717, 1.165) is 0 Å². The van der Waals surface area contributed by atoms with Crippen molar-refractivity contribution in [2.45, 2.75) is 13.0 Å². The van der Waals surface area contributed by atoms with Crippen LogP contribution in [0.15, 0.2) is 53.9 Å². The van der Waals surface area contributed by atoms with Crippen molar-refractivity contribution in [2.75, 3.05) is 14.2 Å². The molecule has 0 atom stereocenters. The number of esters is 2. The molecule has 9 heteroatoms. The van der Waals surface area contributed by atoms with Crippen molar-refractivity contribution in [2.24, 2.45) is 0 Å². The van der Waals surface area contributed by atoms with Crippen molar-refractivity contribution < 1.29 is 32.9 Å². The fraction of sp³-hybridized carbons (Fsp3) is 0.174. The largest absolute Gasteiger partial charge is 0.493 e. The van der Waals surface area contributed by atoms with Gasteiger partial charge in [0.05, 0.1) is 26.3 Å². The molecule has 2 aromatic carbocycles. The molecule has 0 fully saturated rings. The zero-order valence-electron chi connectivity index (χ0n) is 17.4. The molecular weight excluding hydrogens is 437 g/mol. The summed E-state index contributed by atoms with van der Waals surface area (Å²) in [6.45, 7) is 0.208. The third-order valence-electron chi connectivity index (χ3n) is 4.13. The summed E-state index contributed by atoms with van der Waals surface area (Å²) in [7, 11) is 2.74. The molecule has 0 N–H and O–H groups in total. The van der Waals surface area contributed by atoms with E-state index < -0.39 is 11.9 Å². The molecule has 166 valence electrons. The van der Waals surface area contributed by atoms with Gasteiger partial charge in [0, 0.05) is 11.5 Å². The van der Waals surface area contributed by atoms with Gasteiger partial charge in [-0.1, -0.05) is 6.07 Å². The Bertz CT molecular complexity index is 1110. The molecule has 1 heterocycles. The first kappa shape index (κ1) is 23.0. The van der Waals surface area contributed by atoms with Gasteiger partial charge in [0.1, 0.15) is 23.2 Å². The van der Waals surface area contributed by atoms with Crippen LogP contribution in [-0.4, -0.2) is 31.1 Å². The highest BCUT2D eigenvalue weighted by atomic mass is 32.1. The van der Waals surface area contributed by atoms with Gasteiger partial charge in [-0.15, -0.1) is 11.3 Å². The number of ether oxygens (including phenoxy) is 4. The Hall–Kier alpha value is -3.72. The zero-order chi connectivity index (χ0) is 22.9. The van der Waals surface area contributed by atoms with Gasteiger partial charge in [0.2, 0.25) is 0 Å². The molecule has 3 aromatic rings. The summed E-state index contributed by atoms with van der Waals surface area (Å²) in [4.78, 5) is 27.9. The van der Waals surface area contributed by atoms with Crippen LogP contribution in [0.4, 0.5) is 4.39 Å². The first-order chi connectivity index (χ1) is 15.5. The number of nitrogens with zero attached hydrogens (tertiary/aromatic N) is 1. The van der Waals surface area contributed by atoms with Crippen LogP contribution in [-0.2, 0) is 27.4 Å². The molecule has 0 bridgehead atoms. The van der Waals surface area contributed by atoms with Gasteiger partial charge in [-0.2, -0.15) is 0 Å². The Labute approximate surface area is 188 Å². The van der Waals surface area contributed by atoms with Gasteiger partial charge < -0.3 is 18.9 Å². The van der Waals surface area contributed by atoms with Crippen LogP contribution in [0.1, 0.15) is 16.3 Å². The maximum atomic E-state index is 12.9. The smallest absolute Gasteiger partial charge is 0.330 e. The van der Waals surface area contributed by atoms with Gasteiger partial charge in [-0.3, -0.25) is 4.79 Å². The lowest BCUT2D eigenvalue weighted by Crippen LogP contribution is -2.12. The maximum absolute atomic E-state index is 12.9. The van der Waals surface area contributed by atoms with Crippen LogP contribution in [0.2, 0.25) is 0 Å². The van der Waals surface area contributed by atoms with Crippen LogP contribution < -0.4 is 14.2 Å². The molecule has 32 heavy (non-hydrogen) atoms. The number of hydrogen-bond donors (Lipinski definition) is 0. The molecule has 7 nitrogen and oxygen atoms in total. The predicted molar refractivity (Wildman–Crippen MR) is 116 cm³/mol. The van der Waals surface area contributed by atoms with Crippen LogP contribution in [0, 0.1) is 5.82 Å². The van der Waals surface area contributed by atoms with Crippen molar-refractivity contribution in [1.29, 1.82) is 0 Å². The molecule has 0 unspecified atom stereocenters. The highest BCUT2D eigenvalue weighted by Gasteiger charge is 2.14. The van der Waals surface area contributed by atoms with E-state index in [1.54, 1.807) is 29.7 Å². The van der Waals surface area contributed by atoms with E-state index in [1.165, 1.54) is 55.9 Å². The molecule has 0 aliphatic heterocycles. The molecule has 0 radical (unpaired) electrons. The van der Waals surface area contributed by atoms with Gasteiger partial charge in [0.25, 0.3) is 0 Å². The Balaban J connectivity index is 1.56. The molecule has 0 saturated carbocycles. The van der Waals surface area contributed by atoms with E-state index in [-0.39, 0.29) is 24.6 Å². The third kappa shape index (κ3) is 6.64. The summed E-state index contributed by atoms with van der Waals surface area (Å²) in [6, 6.07) is 10.6. The SMILES string of the molecule is COC(=O)/C=C/c1ccc(OC(=O)Cc2csc(COc3ccc(F)cc3)n2)c(OC)c1. The molecule has 1 aromatic heterocycles. The number of methoxy groups -OCH3 is 2. The van der Waals surface area contributed by atoms with Crippen LogP contribution in [0.3, 0.4) is 0 Å². The van der Waals surface area contributed by atoms with Gasteiger partial charge in [-0.05, 0) is 48.0 Å². The number of halogens is 1. The summed E-state index contributed by atoms with van der Waals surface area (Å²) in [5.74, 6) is -0.196. The number of carbonyl (C=O) groups excluding carboxylic acids is 2.